The summed E-state index contributed by atoms with van der Waals surface area (Å²) in [4.78, 5) is 0. The van der Waals surface area contributed by atoms with Crippen molar-refractivity contribution < 1.29 is 4.42 Å². The summed E-state index contributed by atoms with van der Waals surface area (Å²) in [7, 11) is 0. The summed E-state index contributed by atoms with van der Waals surface area (Å²) in [6.45, 7) is 2.03. The van der Waals surface area contributed by atoms with E-state index in [2.05, 4.69) is 6.07 Å². The molecule has 0 amide bonds. The predicted molar refractivity (Wildman–Crippen MR) is 53.3 cm³/mol. The molecule has 1 aromatic heterocycles. The predicted octanol–water partition coefficient (Wildman–Crippen LogP) is 2.84. The summed E-state index contributed by atoms with van der Waals surface area (Å²) < 4.78 is 5.01. The van der Waals surface area contributed by atoms with Crippen molar-refractivity contribution in [3.05, 3.63) is 42.4 Å². The molecule has 0 aliphatic heterocycles. The number of anilines is 1. The molecule has 0 saturated carbocycles. The fourth-order valence-electron chi connectivity index (χ4n) is 1.41. The molecule has 0 bridgehead atoms. The molecular formula is C11H11NO. The molecule has 0 spiro atoms. The second-order valence-corrected chi connectivity index (χ2v) is 3.14. The van der Waals surface area contributed by atoms with Gasteiger partial charge in [0.15, 0.2) is 0 Å². The van der Waals surface area contributed by atoms with Gasteiger partial charge in [-0.3, -0.25) is 0 Å². The zero-order valence-electron chi connectivity index (χ0n) is 7.45. The molecule has 2 N–H and O–H groups in total. The number of nitrogens with two attached hydrogens (primary N) is 1. The maximum Gasteiger partial charge on any atom is 0.0980 e. The first-order chi connectivity index (χ1) is 6.25. The molecule has 2 aromatic rings. The molecule has 2 nitrogen and oxygen atoms in total. The highest BCUT2D eigenvalue weighted by atomic mass is 16.3. The van der Waals surface area contributed by atoms with Crippen LogP contribution in [0.3, 0.4) is 0 Å². The van der Waals surface area contributed by atoms with Crippen molar-refractivity contribution in [3.8, 4) is 11.1 Å². The van der Waals surface area contributed by atoms with Crippen LogP contribution in [-0.4, -0.2) is 0 Å². The molecule has 0 aliphatic carbocycles. The van der Waals surface area contributed by atoms with Crippen LogP contribution in [0.2, 0.25) is 0 Å². The maximum absolute atomic E-state index is 5.73. The quantitative estimate of drug-likeness (QED) is 0.673. The Kier molecular flexibility index (Phi) is 1.81. The SMILES string of the molecule is Cc1cc(N)cc(-c2ccoc2)c1. The van der Waals surface area contributed by atoms with E-state index in [1.807, 2.05) is 25.1 Å². The third-order valence-electron chi connectivity index (χ3n) is 1.95. The number of furan rings is 1. The van der Waals surface area contributed by atoms with E-state index in [4.69, 9.17) is 10.2 Å². The molecule has 1 heterocycles. The Morgan fingerprint density at radius 3 is 2.62 bits per heavy atom. The van der Waals surface area contributed by atoms with Gasteiger partial charge in [-0.2, -0.15) is 0 Å². The van der Waals surface area contributed by atoms with Crippen molar-refractivity contribution in [1.82, 2.24) is 0 Å². The van der Waals surface area contributed by atoms with Gasteiger partial charge < -0.3 is 10.2 Å². The minimum Gasteiger partial charge on any atom is -0.472 e. The smallest absolute Gasteiger partial charge is 0.0980 e. The fourth-order valence-corrected chi connectivity index (χ4v) is 1.41. The standard InChI is InChI=1S/C11H11NO/c1-8-4-10(6-11(12)5-8)9-2-3-13-7-9/h2-7H,12H2,1H3. The van der Waals surface area contributed by atoms with E-state index in [9.17, 15) is 0 Å². The summed E-state index contributed by atoms with van der Waals surface area (Å²) in [5.41, 5.74) is 9.85. The van der Waals surface area contributed by atoms with E-state index < -0.39 is 0 Å². The summed E-state index contributed by atoms with van der Waals surface area (Å²) in [5.74, 6) is 0. The zero-order chi connectivity index (χ0) is 9.26. The maximum atomic E-state index is 5.73. The van der Waals surface area contributed by atoms with Crippen molar-refractivity contribution in [2.45, 2.75) is 6.92 Å². The first-order valence-corrected chi connectivity index (χ1v) is 4.15. The lowest BCUT2D eigenvalue weighted by molar-refractivity contribution is 0.568. The molecule has 0 radical (unpaired) electrons. The molecule has 2 rings (SSSR count). The van der Waals surface area contributed by atoms with Gasteiger partial charge in [-0.1, -0.05) is 6.07 Å². The minimum absolute atomic E-state index is 0.788. The van der Waals surface area contributed by atoms with Crippen molar-refractivity contribution in [1.29, 1.82) is 0 Å². The molecule has 13 heavy (non-hydrogen) atoms. The number of rotatable bonds is 1. The Hall–Kier alpha value is -1.70. The van der Waals surface area contributed by atoms with Crippen molar-refractivity contribution in [2.24, 2.45) is 0 Å². The van der Waals surface area contributed by atoms with Gasteiger partial charge in [-0.15, -0.1) is 0 Å². The van der Waals surface area contributed by atoms with Gasteiger partial charge in [0.25, 0.3) is 0 Å². The number of hydrogen-bond donors (Lipinski definition) is 1. The summed E-state index contributed by atoms with van der Waals surface area (Å²) >= 11 is 0. The molecular weight excluding hydrogens is 162 g/mol. The van der Waals surface area contributed by atoms with Crippen LogP contribution in [0, 0.1) is 6.92 Å². The summed E-state index contributed by atoms with van der Waals surface area (Å²) in [6.07, 6.45) is 3.38. The Bertz CT molecular complexity index is 384. The summed E-state index contributed by atoms with van der Waals surface area (Å²) in [5, 5.41) is 0. The van der Waals surface area contributed by atoms with Gasteiger partial charge >= 0.3 is 0 Å². The number of benzene rings is 1. The second kappa shape index (κ2) is 2.98. The van der Waals surface area contributed by atoms with E-state index in [-0.39, 0.29) is 0 Å². The first kappa shape index (κ1) is 7.92. The molecule has 0 unspecified atom stereocenters. The molecule has 66 valence electrons. The van der Waals surface area contributed by atoms with Crippen LogP contribution in [0.25, 0.3) is 11.1 Å². The van der Waals surface area contributed by atoms with Gasteiger partial charge in [0.2, 0.25) is 0 Å². The number of aryl methyl sites for hydroxylation is 1. The van der Waals surface area contributed by atoms with Crippen LogP contribution < -0.4 is 5.73 Å². The lowest BCUT2D eigenvalue weighted by atomic mass is 10.1. The third kappa shape index (κ3) is 1.56. The van der Waals surface area contributed by atoms with E-state index in [1.54, 1.807) is 12.5 Å². The second-order valence-electron chi connectivity index (χ2n) is 3.14. The van der Waals surface area contributed by atoms with Gasteiger partial charge in [0.05, 0.1) is 12.5 Å². The molecule has 0 atom stereocenters. The Morgan fingerprint density at radius 1 is 1.15 bits per heavy atom. The van der Waals surface area contributed by atoms with Crippen LogP contribution in [-0.2, 0) is 0 Å². The van der Waals surface area contributed by atoms with E-state index in [1.165, 1.54) is 0 Å². The third-order valence-corrected chi connectivity index (χ3v) is 1.95. The van der Waals surface area contributed by atoms with E-state index in [0.717, 1.165) is 22.4 Å². The van der Waals surface area contributed by atoms with Crippen LogP contribution in [0.1, 0.15) is 5.56 Å². The lowest BCUT2D eigenvalue weighted by Gasteiger charge is -2.01. The van der Waals surface area contributed by atoms with Crippen LogP contribution >= 0.6 is 0 Å². The highest BCUT2D eigenvalue weighted by molar-refractivity contribution is 5.67. The zero-order valence-corrected chi connectivity index (χ0v) is 7.45. The monoisotopic (exact) mass is 173 g/mol. The average molecular weight is 173 g/mol. The molecule has 0 saturated heterocycles. The normalized spacial score (nSPS) is 10.2. The van der Waals surface area contributed by atoms with Crippen LogP contribution in [0.15, 0.2) is 41.2 Å². The largest absolute Gasteiger partial charge is 0.472 e. The number of hydrogen-bond acceptors (Lipinski definition) is 2. The average Bonchev–Trinajstić information content (AvgIpc) is 2.53. The first-order valence-electron chi connectivity index (χ1n) is 4.15. The molecule has 1 aromatic carbocycles. The topological polar surface area (TPSA) is 39.2 Å². The number of nitrogen functional groups attached to an aromatic ring is 1. The highest BCUT2D eigenvalue weighted by Gasteiger charge is 2.00. The van der Waals surface area contributed by atoms with Crippen LogP contribution in [0.4, 0.5) is 5.69 Å². The van der Waals surface area contributed by atoms with Gasteiger partial charge in [-0.25, -0.2) is 0 Å². The van der Waals surface area contributed by atoms with Crippen molar-refractivity contribution >= 4 is 5.69 Å². The van der Waals surface area contributed by atoms with E-state index >= 15 is 0 Å². The molecule has 2 heteroatoms. The van der Waals surface area contributed by atoms with Crippen molar-refractivity contribution in [3.63, 3.8) is 0 Å². The van der Waals surface area contributed by atoms with Gasteiger partial charge in [0, 0.05) is 11.3 Å². The Morgan fingerprint density at radius 2 is 2.00 bits per heavy atom. The lowest BCUT2D eigenvalue weighted by Crippen LogP contribution is -1.86. The Balaban J connectivity index is 2.53. The molecule has 0 fully saturated rings. The van der Waals surface area contributed by atoms with Crippen LogP contribution in [0.5, 0.6) is 0 Å². The highest BCUT2D eigenvalue weighted by Crippen LogP contribution is 2.23. The van der Waals surface area contributed by atoms with E-state index in [0.29, 0.717) is 0 Å². The Labute approximate surface area is 77.0 Å². The minimum atomic E-state index is 0.788. The van der Waals surface area contributed by atoms with Gasteiger partial charge in [0.1, 0.15) is 0 Å². The fraction of sp³-hybridized carbons (Fsp3) is 0.0909. The van der Waals surface area contributed by atoms with Crippen molar-refractivity contribution in [2.75, 3.05) is 5.73 Å². The summed E-state index contributed by atoms with van der Waals surface area (Å²) in [6, 6.07) is 7.90. The molecule has 0 aliphatic rings. The van der Waals surface area contributed by atoms with Gasteiger partial charge in [-0.05, 0) is 36.2 Å².